The first-order valence-electron chi connectivity index (χ1n) is 6.57. The normalized spacial score (nSPS) is 10.5. The van der Waals surface area contributed by atoms with Gasteiger partial charge in [0.1, 0.15) is 6.54 Å². The predicted octanol–water partition coefficient (Wildman–Crippen LogP) is 0.724. The predicted molar refractivity (Wildman–Crippen MR) is 81.7 cm³/mol. The standard InChI is InChI=1S/C15H12N4O3/c20-13-5-7-16-12-4-3-10(8-11(12)13)18-14(21)9-19-15(22)2-1-6-17-19/h1-8H,9H2,(H,16,20)(H,18,21). The minimum Gasteiger partial charge on any atom is -0.361 e. The molecule has 0 fully saturated rings. The maximum atomic E-state index is 12.0. The van der Waals surface area contributed by atoms with Gasteiger partial charge in [0.15, 0.2) is 5.43 Å². The van der Waals surface area contributed by atoms with Crippen molar-refractivity contribution in [3.05, 3.63) is 69.4 Å². The molecule has 0 bridgehead atoms. The van der Waals surface area contributed by atoms with Crippen molar-refractivity contribution in [3.63, 3.8) is 0 Å². The van der Waals surface area contributed by atoms with Crippen LogP contribution >= 0.6 is 0 Å². The van der Waals surface area contributed by atoms with E-state index in [4.69, 9.17) is 0 Å². The van der Waals surface area contributed by atoms with Crippen molar-refractivity contribution in [1.82, 2.24) is 14.8 Å². The number of nitrogens with one attached hydrogen (secondary N) is 2. The molecule has 0 aliphatic heterocycles. The van der Waals surface area contributed by atoms with Gasteiger partial charge in [-0.15, -0.1) is 0 Å². The van der Waals surface area contributed by atoms with E-state index in [1.165, 1.54) is 24.4 Å². The summed E-state index contributed by atoms with van der Waals surface area (Å²) >= 11 is 0. The Balaban J connectivity index is 1.82. The van der Waals surface area contributed by atoms with Gasteiger partial charge in [-0.3, -0.25) is 14.4 Å². The number of pyridine rings is 1. The van der Waals surface area contributed by atoms with Gasteiger partial charge in [0.25, 0.3) is 5.56 Å². The van der Waals surface area contributed by atoms with E-state index in [9.17, 15) is 14.4 Å². The summed E-state index contributed by atoms with van der Waals surface area (Å²) in [5.41, 5.74) is 0.683. The summed E-state index contributed by atoms with van der Waals surface area (Å²) in [6, 6.07) is 9.23. The van der Waals surface area contributed by atoms with Crippen LogP contribution in [0.2, 0.25) is 0 Å². The lowest BCUT2D eigenvalue weighted by Crippen LogP contribution is -2.28. The van der Waals surface area contributed by atoms with Crippen LogP contribution in [0, 0.1) is 0 Å². The molecule has 0 spiro atoms. The Kier molecular flexibility index (Phi) is 3.53. The fourth-order valence-electron chi connectivity index (χ4n) is 2.09. The fraction of sp³-hybridized carbons (Fsp3) is 0.0667. The van der Waals surface area contributed by atoms with Crippen molar-refractivity contribution in [2.75, 3.05) is 5.32 Å². The van der Waals surface area contributed by atoms with Gasteiger partial charge in [-0.25, -0.2) is 4.68 Å². The highest BCUT2D eigenvalue weighted by Gasteiger charge is 2.07. The maximum absolute atomic E-state index is 12.0. The average molecular weight is 296 g/mol. The zero-order valence-corrected chi connectivity index (χ0v) is 11.4. The minimum absolute atomic E-state index is 0.134. The van der Waals surface area contributed by atoms with E-state index in [-0.39, 0.29) is 17.5 Å². The zero-order valence-electron chi connectivity index (χ0n) is 11.4. The molecule has 1 aromatic carbocycles. The molecule has 3 rings (SSSR count). The molecule has 7 heteroatoms. The summed E-state index contributed by atoms with van der Waals surface area (Å²) in [6.07, 6.45) is 3.00. The molecule has 3 aromatic rings. The van der Waals surface area contributed by atoms with Crippen LogP contribution in [0.15, 0.2) is 58.4 Å². The number of nitrogens with zero attached hydrogens (tertiary/aromatic N) is 2. The molecule has 0 atom stereocenters. The zero-order chi connectivity index (χ0) is 15.5. The Morgan fingerprint density at radius 3 is 2.91 bits per heavy atom. The van der Waals surface area contributed by atoms with Gasteiger partial charge in [0, 0.05) is 41.1 Å². The van der Waals surface area contributed by atoms with Gasteiger partial charge < -0.3 is 10.3 Å². The number of fused-ring (bicyclic) bond motifs is 1. The molecule has 0 unspecified atom stereocenters. The van der Waals surface area contributed by atoms with Gasteiger partial charge in [-0.05, 0) is 24.3 Å². The second-order valence-electron chi connectivity index (χ2n) is 4.67. The third-order valence-corrected chi connectivity index (χ3v) is 3.12. The minimum atomic E-state index is -0.396. The molecule has 2 heterocycles. The molecular formula is C15H12N4O3. The number of anilines is 1. The van der Waals surface area contributed by atoms with Crippen LogP contribution in [0.1, 0.15) is 0 Å². The Bertz CT molecular complexity index is 958. The Hall–Kier alpha value is -3.22. The lowest BCUT2D eigenvalue weighted by atomic mass is 10.2. The lowest BCUT2D eigenvalue weighted by Gasteiger charge is -2.07. The number of carbonyl (C=O) groups is 1. The molecular weight excluding hydrogens is 284 g/mol. The first-order chi connectivity index (χ1) is 10.6. The van der Waals surface area contributed by atoms with E-state index in [0.29, 0.717) is 16.6 Å². The number of aromatic amines is 1. The molecule has 0 aliphatic rings. The van der Waals surface area contributed by atoms with E-state index in [2.05, 4.69) is 15.4 Å². The summed E-state index contributed by atoms with van der Waals surface area (Å²) in [6.45, 7) is -0.192. The molecule has 7 nitrogen and oxygen atoms in total. The smallest absolute Gasteiger partial charge is 0.267 e. The lowest BCUT2D eigenvalue weighted by molar-refractivity contribution is -0.117. The molecule has 1 amide bonds. The highest BCUT2D eigenvalue weighted by molar-refractivity contribution is 5.93. The van der Waals surface area contributed by atoms with Crippen molar-refractivity contribution in [1.29, 1.82) is 0 Å². The second kappa shape index (κ2) is 5.65. The van der Waals surface area contributed by atoms with Crippen molar-refractivity contribution in [3.8, 4) is 0 Å². The van der Waals surface area contributed by atoms with Crippen molar-refractivity contribution in [2.24, 2.45) is 0 Å². The maximum Gasteiger partial charge on any atom is 0.267 e. The highest BCUT2D eigenvalue weighted by atomic mass is 16.2. The third kappa shape index (κ3) is 2.78. The molecule has 22 heavy (non-hydrogen) atoms. The monoisotopic (exact) mass is 296 g/mol. The summed E-state index contributed by atoms with van der Waals surface area (Å²) in [4.78, 5) is 38.2. The van der Waals surface area contributed by atoms with Gasteiger partial charge in [0.2, 0.25) is 5.91 Å². The molecule has 0 radical (unpaired) electrons. The van der Waals surface area contributed by atoms with E-state index in [0.717, 1.165) is 4.68 Å². The fourth-order valence-corrected chi connectivity index (χ4v) is 2.09. The van der Waals surface area contributed by atoms with Crippen LogP contribution in [-0.2, 0) is 11.3 Å². The Morgan fingerprint density at radius 1 is 1.23 bits per heavy atom. The number of rotatable bonds is 3. The average Bonchev–Trinajstić information content (AvgIpc) is 2.50. The summed E-state index contributed by atoms with van der Waals surface area (Å²) in [5, 5.41) is 6.94. The quantitative estimate of drug-likeness (QED) is 0.744. The van der Waals surface area contributed by atoms with Gasteiger partial charge in [-0.1, -0.05) is 0 Å². The Morgan fingerprint density at radius 2 is 2.09 bits per heavy atom. The number of benzene rings is 1. The van der Waals surface area contributed by atoms with E-state index in [1.54, 1.807) is 24.4 Å². The first kappa shape index (κ1) is 13.7. The van der Waals surface area contributed by atoms with Crippen LogP contribution in [0.4, 0.5) is 5.69 Å². The summed E-state index contributed by atoms with van der Waals surface area (Å²) in [7, 11) is 0. The van der Waals surface area contributed by atoms with Crippen molar-refractivity contribution in [2.45, 2.75) is 6.54 Å². The number of hydrogen-bond donors (Lipinski definition) is 2. The van der Waals surface area contributed by atoms with Crippen LogP contribution in [0.25, 0.3) is 10.9 Å². The second-order valence-corrected chi connectivity index (χ2v) is 4.67. The highest BCUT2D eigenvalue weighted by Crippen LogP contribution is 2.14. The van der Waals surface area contributed by atoms with Gasteiger partial charge in [-0.2, -0.15) is 5.10 Å². The van der Waals surface area contributed by atoms with Crippen LogP contribution in [0.5, 0.6) is 0 Å². The molecule has 110 valence electrons. The summed E-state index contributed by atoms with van der Waals surface area (Å²) in [5.74, 6) is -0.396. The first-order valence-corrected chi connectivity index (χ1v) is 6.57. The van der Waals surface area contributed by atoms with Crippen LogP contribution in [-0.4, -0.2) is 20.7 Å². The third-order valence-electron chi connectivity index (χ3n) is 3.12. The molecule has 0 aliphatic carbocycles. The van der Waals surface area contributed by atoms with E-state index < -0.39 is 5.91 Å². The van der Waals surface area contributed by atoms with Crippen molar-refractivity contribution < 1.29 is 4.79 Å². The molecule has 2 aromatic heterocycles. The van der Waals surface area contributed by atoms with Crippen molar-refractivity contribution >= 4 is 22.5 Å². The Labute approximate surface area is 124 Å². The molecule has 0 saturated carbocycles. The number of hydrogen-bond acceptors (Lipinski definition) is 4. The van der Waals surface area contributed by atoms with Crippen LogP contribution < -0.4 is 16.3 Å². The SMILES string of the molecule is O=C(Cn1ncccc1=O)Nc1ccc2[nH]ccc(=O)c2c1. The van der Waals surface area contributed by atoms with Gasteiger partial charge >= 0.3 is 0 Å². The largest absolute Gasteiger partial charge is 0.361 e. The number of aromatic nitrogens is 3. The van der Waals surface area contributed by atoms with E-state index in [1.807, 2.05) is 0 Å². The van der Waals surface area contributed by atoms with Gasteiger partial charge in [0.05, 0.1) is 0 Å². The molecule has 0 saturated heterocycles. The number of H-pyrrole nitrogens is 1. The van der Waals surface area contributed by atoms with Crippen LogP contribution in [0.3, 0.4) is 0 Å². The number of carbonyl (C=O) groups excluding carboxylic acids is 1. The topological polar surface area (TPSA) is 96.8 Å². The van der Waals surface area contributed by atoms with E-state index >= 15 is 0 Å². The number of amides is 1. The summed E-state index contributed by atoms with van der Waals surface area (Å²) < 4.78 is 1.06. The molecule has 2 N–H and O–H groups in total.